The highest BCUT2D eigenvalue weighted by Crippen LogP contribution is 2.56. The maximum Gasteiger partial charge on any atom is 0.262 e. The van der Waals surface area contributed by atoms with Gasteiger partial charge in [-0.15, -0.1) is 0 Å². The maximum absolute atomic E-state index is 12.8. The van der Waals surface area contributed by atoms with Crippen molar-refractivity contribution in [3.63, 3.8) is 0 Å². The number of oxazole rings is 1. The number of anilines is 1. The van der Waals surface area contributed by atoms with Crippen molar-refractivity contribution in [3.05, 3.63) is 154 Å². The van der Waals surface area contributed by atoms with Crippen molar-refractivity contribution in [2.24, 2.45) is 5.92 Å². The van der Waals surface area contributed by atoms with E-state index in [1.54, 1.807) is 6.07 Å². The zero-order valence-electron chi connectivity index (χ0n) is 24.7. The first-order chi connectivity index (χ1) is 22.1. The Balaban J connectivity index is 1.39. The SMILES string of the molecule is O=c1cccc2n1C[C@@H]1CC2CN(c2oc(-c3ccc(Br)cc3)nc2[P+](c2ccccc2)(c2ccccc2)c2ccccc2)C1. The summed E-state index contributed by atoms with van der Waals surface area (Å²) in [6, 6.07) is 46.4. The van der Waals surface area contributed by atoms with E-state index in [-0.39, 0.29) is 11.5 Å². The van der Waals surface area contributed by atoms with Gasteiger partial charge in [0.05, 0.1) is 0 Å². The van der Waals surface area contributed by atoms with Crippen LogP contribution in [-0.2, 0) is 6.54 Å². The Morgan fingerprint density at radius 1 is 0.689 bits per heavy atom. The van der Waals surface area contributed by atoms with Crippen molar-refractivity contribution < 1.29 is 4.42 Å². The zero-order chi connectivity index (χ0) is 30.4. The number of rotatable bonds is 6. The highest BCUT2D eigenvalue weighted by Gasteiger charge is 2.54. The fraction of sp³-hybridized carbons (Fsp3) is 0.158. The second kappa shape index (κ2) is 11.6. The lowest BCUT2D eigenvalue weighted by Crippen LogP contribution is -2.49. The minimum atomic E-state index is -2.53. The molecular weight excluding hydrogens is 641 g/mol. The minimum absolute atomic E-state index is 0.0932. The van der Waals surface area contributed by atoms with E-state index >= 15 is 0 Å². The molecule has 2 atom stereocenters. The average Bonchev–Trinajstić information content (AvgIpc) is 3.53. The second-order valence-electron chi connectivity index (χ2n) is 11.9. The standard InChI is InChI=1S/C38H32BrN3O2P/c39-30-21-19-28(20-22-30)36-40-37(38(44-36)41-24-27-23-29(26-41)34-17-10-18-35(43)42(34)25-27)45(31-11-4-1-5-12-31,32-13-6-2-7-14-32)33-15-8-3-9-16-33/h1-22,27,29H,23-26H2/q+1/t27-,29?/m1/s1. The molecule has 2 aliphatic heterocycles. The molecule has 2 bridgehead atoms. The Morgan fingerprint density at radius 2 is 1.29 bits per heavy atom. The van der Waals surface area contributed by atoms with Crippen LogP contribution in [0.2, 0.25) is 0 Å². The third-order valence-corrected chi connectivity index (χ3v) is 13.9. The molecule has 1 unspecified atom stereocenters. The smallest absolute Gasteiger partial charge is 0.262 e. The number of piperidine rings is 1. The fourth-order valence-electron chi connectivity index (χ4n) is 7.28. The van der Waals surface area contributed by atoms with Crippen molar-refractivity contribution in [1.29, 1.82) is 0 Å². The van der Waals surface area contributed by atoms with Gasteiger partial charge >= 0.3 is 0 Å². The molecule has 4 heterocycles. The van der Waals surface area contributed by atoms with E-state index in [1.165, 1.54) is 15.9 Å². The lowest BCUT2D eigenvalue weighted by atomic mass is 9.83. The van der Waals surface area contributed by atoms with E-state index in [9.17, 15) is 4.79 Å². The highest BCUT2D eigenvalue weighted by molar-refractivity contribution is 9.10. The molecule has 1 saturated heterocycles. The van der Waals surface area contributed by atoms with Crippen molar-refractivity contribution >= 4 is 50.4 Å². The summed E-state index contributed by atoms with van der Waals surface area (Å²) in [5.74, 6) is 2.02. The van der Waals surface area contributed by atoms with Crippen LogP contribution in [0.25, 0.3) is 11.5 Å². The number of hydrogen-bond donors (Lipinski definition) is 0. The number of benzene rings is 4. The summed E-state index contributed by atoms with van der Waals surface area (Å²) in [4.78, 5) is 20.7. The van der Waals surface area contributed by atoms with E-state index in [0.717, 1.165) is 53.1 Å². The number of halogens is 1. The topological polar surface area (TPSA) is 51.3 Å². The average molecular weight is 674 g/mol. The molecule has 0 saturated carbocycles. The first-order valence-corrected chi connectivity index (χ1v) is 18.0. The van der Waals surface area contributed by atoms with Gasteiger partial charge in [0.1, 0.15) is 15.9 Å². The summed E-state index contributed by atoms with van der Waals surface area (Å²) in [5.41, 5.74) is 3.13. The predicted molar refractivity (Wildman–Crippen MR) is 188 cm³/mol. The van der Waals surface area contributed by atoms with Crippen LogP contribution in [0, 0.1) is 5.92 Å². The van der Waals surface area contributed by atoms with Gasteiger partial charge in [-0.05, 0) is 79.1 Å². The Bertz CT molecular complexity index is 1910. The highest BCUT2D eigenvalue weighted by atomic mass is 79.9. The van der Waals surface area contributed by atoms with Gasteiger partial charge in [0.2, 0.25) is 5.89 Å². The number of pyridine rings is 1. The van der Waals surface area contributed by atoms with Crippen LogP contribution in [0.15, 0.2) is 147 Å². The van der Waals surface area contributed by atoms with Crippen LogP contribution < -0.4 is 31.8 Å². The Labute approximate surface area is 271 Å². The van der Waals surface area contributed by atoms with E-state index in [4.69, 9.17) is 9.40 Å². The largest absolute Gasteiger partial charge is 0.416 e. The first-order valence-electron chi connectivity index (χ1n) is 15.4. The molecule has 0 amide bonds. The van der Waals surface area contributed by atoms with Gasteiger partial charge in [-0.3, -0.25) is 4.79 Å². The molecular formula is C38H32BrN3O2P+. The lowest BCUT2D eigenvalue weighted by Gasteiger charge is -2.42. The van der Waals surface area contributed by atoms with Crippen molar-refractivity contribution in [3.8, 4) is 11.5 Å². The fourth-order valence-corrected chi connectivity index (χ4v) is 11.7. The quantitative estimate of drug-likeness (QED) is 0.189. The molecule has 6 aromatic rings. The van der Waals surface area contributed by atoms with Crippen molar-refractivity contribution in [2.75, 3.05) is 18.0 Å². The van der Waals surface area contributed by atoms with E-state index in [2.05, 4.69) is 130 Å². The van der Waals surface area contributed by atoms with Crippen LogP contribution in [0.4, 0.5) is 5.88 Å². The molecule has 45 heavy (non-hydrogen) atoms. The molecule has 2 aliphatic rings. The van der Waals surface area contributed by atoms with Gasteiger partial charge in [-0.2, -0.15) is 4.98 Å². The number of fused-ring (bicyclic) bond motifs is 4. The number of hydrogen-bond acceptors (Lipinski definition) is 4. The van der Waals surface area contributed by atoms with E-state index in [0.29, 0.717) is 11.8 Å². The summed E-state index contributed by atoms with van der Waals surface area (Å²) in [5, 5.41) is 3.69. The van der Waals surface area contributed by atoms with Crippen molar-refractivity contribution in [1.82, 2.24) is 9.55 Å². The first kappa shape index (κ1) is 28.2. The third kappa shape index (κ3) is 4.88. The number of nitrogens with zero attached hydrogens (tertiary/aromatic N) is 3. The molecule has 0 radical (unpaired) electrons. The molecule has 222 valence electrons. The molecule has 7 heteroatoms. The van der Waals surface area contributed by atoms with Crippen LogP contribution >= 0.6 is 23.2 Å². The van der Waals surface area contributed by atoms with E-state index in [1.807, 2.05) is 22.8 Å². The molecule has 4 aromatic carbocycles. The van der Waals surface area contributed by atoms with E-state index < -0.39 is 7.26 Å². The number of aromatic nitrogens is 2. The van der Waals surface area contributed by atoms with Gasteiger partial charge < -0.3 is 13.9 Å². The second-order valence-corrected chi connectivity index (χ2v) is 16.2. The summed E-state index contributed by atoms with van der Waals surface area (Å²) in [6.07, 6.45) is 1.07. The zero-order valence-corrected chi connectivity index (χ0v) is 27.1. The molecule has 8 rings (SSSR count). The van der Waals surface area contributed by atoms with Crippen LogP contribution in [0.5, 0.6) is 0 Å². The monoisotopic (exact) mass is 672 g/mol. The Hall–Kier alpha value is -4.25. The van der Waals surface area contributed by atoms with Crippen LogP contribution in [0.3, 0.4) is 0 Å². The summed E-state index contributed by atoms with van der Waals surface area (Å²) in [7, 11) is -2.53. The molecule has 1 fully saturated rings. The van der Waals surface area contributed by atoms with Gasteiger partial charge in [-0.25, -0.2) is 0 Å². The van der Waals surface area contributed by atoms with Crippen molar-refractivity contribution in [2.45, 2.75) is 18.9 Å². The minimum Gasteiger partial charge on any atom is -0.416 e. The molecule has 0 N–H and O–H groups in total. The Morgan fingerprint density at radius 3 is 1.89 bits per heavy atom. The van der Waals surface area contributed by atoms with Gasteiger partial charge in [-0.1, -0.05) is 76.6 Å². The summed E-state index contributed by atoms with van der Waals surface area (Å²) < 4.78 is 9.98. The lowest BCUT2D eigenvalue weighted by molar-refractivity contribution is 0.275. The maximum atomic E-state index is 12.8. The predicted octanol–water partition coefficient (Wildman–Crippen LogP) is 6.51. The van der Waals surface area contributed by atoms with Gasteiger partial charge in [0, 0.05) is 47.3 Å². The molecule has 2 aromatic heterocycles. The Kier molecular flexibility index (Phi) is 7.28. The summed E-state index contributed by atoms with van der Waals surface area (Å²) in [6.45, 7) is 2.29. The van der Waals surface area contributed by atoms with Gasteiger partial charge in [0.15, 0.2) is 7.26 Å². The van der Waals surface area contributed by atoms with Gasteiger partial charge in [0.25, 0.3) is 16.9 Å². The molecule has 5 nitrogen and oxygen atoms in total. The molecule has 0 aliphatic carbocycles. The summed E-state index contributed by atoms with van der Waals surface area (Å²) >= 11 is 3.59. The molecule has 0 spiro atoms. The normalized spacial score (nSPS) is 17.6. The van der Waals surface area contributed by atoms with Crippen LogP contribution in [0.1, 0.15) is 18.0 Å². The third-order valence-electron chi connectivity index (χ3n) is 9.20. The van der Waals surface area contributed by atoms with Crippen LogP contribution in [-0.4, -0.2) is 22.6 Å².